The summed E-state index contributed by atoms with van der Waals surface area (Å²) in [7, 11) is 0. The molecule has 2 N–H and O–H groups in total. The topological polar surface area (TPSA) is 62.7 Å². The maximum atomic E-state index is 8.41. The van der Waals surface area contributed by atoms with Crippen molar-refractivity contribution in [3.8, 4) is 6.07 Å². The molecule has 0 amide bonds. The summed E-state index contributed by atoms with van der Waals surface area (Å²) in [5.74, 6) is 0. The third kappa shape index (κ3) is 3.73. The summed E-state index contributed by atoms with van der Waals surface area (Å²) >= 11 is 3.28. The van der Waals surface area contributed by atoms with E-state index in [1.165, 1.54) is 0 Å². The fourth-order valence-corrected chi connectivity index (χ4v) is 1.23. The highest BCUT2D eigenvalue weighted by atomic mass is 79.9. The van der Waals surface area contributed by atoms with E-state index >= 15 is 0 Å². The Hall–Kier alpha value is -0.630. The smallest absolute Gasteiger partial charge is 0.0641 e. The number of halogens is 2. The summed E-state index contributed by atoms with van der Waals surface area (Å²) in [6.07, 6.45) is 3.67. The molecule has 1 heterocycles. The van der Waals surface area contributed by atoms with Crippen LogP contribution in [0.2, 0.25) is 0 Å². The van der Waals surface area contributed by atoms with E-state index in [0.29, 0.717) is 6.42 Å². The molecule has 0 fully saturated rings. The Morgan fingerprint density at radius 1 is 1.62 bits per heavy atom. The molecule has 0 spiro atoms. The second kappa shape index (κ2) is 5.92. The second-order valence-electron chi connectivity index (χ2n) is 2.41. The first-order chi connectivity index (χ1) is 5.74. The van der Waals surface area contributed by atoms with Crippen molar-refractivity contribution in [3.05, 3.63) is 28.5 Å². The first kappa shape index (κ1) is 12.4. The van der Waals surface area contributed by atoms with Gasteiger partial charge in [-0.2, -0.15) is 5.26 Å². The van der Waals surface area contributed by atoms with Gasteiger partial charge in [0.25, 0.3) is 0 Å². The van der Waals surface area contributed by atoms with Gasteiger partial charge >= 0.3 is 0 Å². The van der Waals surface area contributed by atoms with Crippen molar-refractivity contribution in [3.63, 3.8) is 0 Å². The molecule has 1 rings (SSSR count). The average Bonchev–Trinajstić information content (AvgIpc) is 2.05. The van der Waals surface area contributed by atoms with Gasteiger partial charge in [0, 0.05) is 22.9 Å². The zero-order valence-corrected chi connectivity index (χ0v) is 9.18. The molecule has 0 aliphatic rings. The molecule has 0 aliphatic heterocycles. The first-order valence-corrected chi connectivity index (χ1v) is 4.26. The van der Waals surface area contributed by atoms with Crippen LogP contribution in [-0.4, -0.2) is 4.98 Å². The molecule has 1 aromatic rings. The largest absolute Gasteiger partial charge is 0.323 e. The fourth-order valence-electron chi connectivity index (χ4n) is 0.847. The van der Waals surface area contributed by atoms with E-state index in [4.69, 9.17) is 11.0 Å². The molecule has 0 aliphatic carbocycles. The maximum Gasteiger partial charge on any atom is 0.0641 e. The molecule has 0 radical (unpaired) electrons. The van der Waals surface area contributed by atoms with E-state index in [9.17, 15) is 0 Å². The molecule has 13 heavy (non-hydrogen) atoms. The van der Waals surface area contributed by atoms with Crippen molar-refractivity contribution >= 4 is 28.3 Å². The van der Waals surface area contributed by atoms with E-state index in [-0.39, 0.29) is 18.4 Å². The molecule has 0 bridgehead atoms. The Kier molecular flexibility index (Phi) is 5.63. The number of hydrogen-bond acceptors (Lipinski definition) is 3. The quantitative estimate of drug-likeness (QED) is 0.888. The fraction of sp³-hybridized carbons (Fsp3) is 0.250. The molecule has 0 unspecified atom stereocenters. The molecule has 1 aromatic heterocycles. The maximum absolute atomic E-state index is 8.41. The third-order valence-corrected chi connectivity index (χ3v) is 1.90. The van der Waals surface area contributed by atoms with Crippen molar-refractivity contribution in [2.24, 2.45) is 5.73 Å². The van der Waals surface area contributed by atoms with Crippen LogP contribution in [0, 0.1) is 11.3 Å². The number of nitriles is 1. The number of nitrogens with two attached hydrogens (primary N) is 1. The van der Waals surface area contributed by atoms with Crippen LogP contribution < -0.4 is 5.73 Å². The van der Waals surface area contributed by atoms with Gasteiger partial charge in [-0.3, -0.25) is 4.98 Å². The minimum atomic E-state index is -0.236. The zero-order valence-electron chi connectivity index (χ0n) is 6.77. The molecule has 0 saturated heterocycles. The standard InChI is InChI=1S/C8H8BrN3.ClH/c9-7-3-6(4-12-5-7)8(11)1-2-10;/h3-5,8H,1,11H2;1H/t8-;/m0./s1. The van der Waals surface area contributed by atoms with Crippen molar-refractivity contribution < 1.29 is 0 Å². The van der Waals surface area contributed by atoms with Gasteiger partial charge in [0.2, 0.25) is 0 Å². The van der Waals surface area contributed by atoms with Gasteiger partial charge in [-0.1, -0.05) is 0 Å². The molecule has 5 heteroatoms. The van der Waals surface area contributed by atoms with Crippen LogP contribution in [0.5, 0.6) is 0 Å². The highest BCUT2D eigenvalue weighted by molar-refractivity contribution is 9.10. The lowest BCUT2D eigenvalue weighted by Gasteiger charge is -2.06. The van der Waals surface area contributed by atoms with Gasteiger partial charge in [0.1, 0.15) is 0 Å². The van der Waals surface area contributed by atoms with Gasteiger partial charge < -0.3 is 5.73 Å². The van der Waals surface area contributed by atoms with E-state index in [0.717, 1.165) is 10.0 Å². The number of hydrogen-bond donors (Lipinski definition) is 1. The summed E-state index contributed by atoms with van der Waals surface area (Å²) in [6.45, 7) is 0. The normalized spacial score (nSPS) is 11.2. The van der Waals surface area contributed by atoms with Gasteiger partial charge in [-0.05, 0) is 27.6 Å². The Morgan fingerprint density at radius 3 is 2.85 bits per heavy atom. The highest BCUT2D eigenvalue weighted by Crippen LogP contribution is 2.16. The van der Waals surface area contributed by atoms with Crippen LogP contribution in [0.25, 0.3) is 0 Å². The predicted molar refractivity (Wildman–Crippen MR) is 56.3 cm³/mol. The number of pyridine rings is 1. The predicted octanol–water partition coefficient (Wildman–Crippen LogP) is 2.18. The number of nitrogens with zero attached hydrogens (tertiary/aromatic N) is 2. The monoisotopic (exact) mass is 261 g/mol. The lowest BCUT2D eigenvalue weighted by molar-refractivity contribution is 0.743. The van der Waals surface area contributed by atoms with Gasteiger partial charge in [0.15, 0.2) is 0 Å². The van der Waals surface area contributed by atoms with Crippen molar-refractivity contribution in [1.82, 2.24) is 4.98 Å². The lowest BCUT2D eigenvalue weighted by atomic mass is 10.1. The Labute approximate surface area is 91.5 Å². The van der Waals surface area contributed by atoms with Crippen LogP contribution in [0.4, 0.5) is 0 Å². The number of rotatable bonds is 2. The zero-order chi connectivity index (χ0) is 8.97. The van der Waals surface area contributed by atoms with Crippen molar-refractivity contribution in [2.75, 3.05) is 0 Å². The Bertz CT molecular complexity index is 311. The molecular formula is C8H9BrClN3. The summed E-state index contributed by atoms with van der Waals surface area (Å²) in [5, 5.41) is 8.41. The first-order valence-electron chi connectivity index (χ1n) is 3.47. The average molecular weight is 263 g/mol. The van der Waals surface area contributed by atoms with Crippen LogP contribution in [0.15, 0.2) is 22.9 Å². The Morgan fingerprint density at radius 2 is 2.31 bits per heavy atom. The minimum Gasteiger partial charge on any atom is -0.323 e. The summed E-state index contributed by atoms with van der Waals surface area (Å²) < 4.78 is 0.883. The van der Waals surface area contributed by atoms with E-state index in [2.05, 4.69) is 20.9 Å². The van der Waals surface area contributed by atoms with E-state index in [1.807, 2.05) is 12.1 Å². The van der Waals surface area contributed by atoms with Crippen molar-refractivity contribution in [2.45, 2.75) is 12.5 Å². The van der Waals surface area contributed by atoms with Gasteiger partial charge in [0.05, 0.1) is 12.5 Å². The van der Waals surface area contributed by atoms with Crippen LogP contribution in [0.3, 0.4) is 0 Å². The molecule has 70 valence electrons. The third-order valence-electron chi connectivity index (χ3n) is 1.47. The molecule has 0 saturated carbocycles. The van der Waals surface area contributed by atoms with Crippen LogP contribution in [-0.2, 0) is 0 Å². The molecule has 1 atom stereocenters. The van der Waals surface area contributed by atoms with Gasteiger partial charge in [-0.15, -0.1) is 12.4 Å². The minimum absolute atomic E-state index is 0. The summed E-state index contributed by atoms with van der Waals surface area (Å²) in [6, 6.07) is 3.65. The van der Waals surface area contributed by atoms with Crippen LogP contribution in [0.1, 0.15) is 18.0 Å². The SMILES string of the molecule is Cl.N#CC[C@H](N)c1cncc(Br)c1. The molecule has 3 nitrogen and oxygen atoms in total. The highest BCUT2D eigenvalue weighted by Gasteiger charge is 2.05. The number of aromatic nitrogens is 1. The lowest BCUT2D eigenvalue weighted by Crippen LogP contribution is -2.09. The molecule has 0 aromatic carbocycles. The van der Waals surface area contributed by atoms with E-state index < -0.39 is 0 Å². The molecular weight excluding hydrogens is 253 g/mol. The van der Waals surface area contributed by atoms with Gasteiger partial charge in [-0.25, -0.2) is 0 Å². The Balaban J connectivity index is 0.00000144. The summed E-state index contributed by atoms with van der Waals surface area (Å²) in [5.41, 5.74) is 6.57. The summed E-state index contributed by atoms with van der Waals surface area (Å²) in [4.78, 5) is 3.95. The van der Waals surface area contributed by atoms with E-state index in [1.54, 1.807) is 12.4 Å². The van der Waals surface area contributed by atoms with Crippen LogP contribution >= 0.6 is 28.3 Å². The second-order valence-corrected chi connectivity index (χ2v) is 3.32. The van der Waals surface area contributed by atoms with Crippen molar-refractivity contribution in [1.29, 1.82) is 5.26 Å².